The van der Waals surface area contributed by atoms with E-state index in [0.717, 1.165) is 43.8 Å². The van der Waals surface area contributed by atoms with Gasteiger partial charge in [0.25, 0.3) is 0 Å². The van der Waals surface area contributed by atoms with Crippen molar-refractivity contribution in [3.05, 3.63) is 192 Å². The van der Waals surface area contributed by atoms with Crippen molar-refractivity contribution in [1.82, 2.24) is 4.57 Å². The van der Waals surface area contributed by atoms with Crippen molar-refractivity contribution in [3.63, 3.8) is 0 Å². The van der Waals surface area contributed by atoms with Gasteiger partial charge in [0.2, 0.25) is 0 Å². The van der Waals surface area contributed by atoms with Crippen LogP contribution in [0.2, 0.25) is 0 Å². The smallest absolute Gasteiger partial charge is 0.188 e. The van der Waals surface area contributed by atoms with Crippen LogP contribution >= 0.6 is 0 Å². The minimum atomic E-state index is -2.98. The molecule has 5 heteroatoms. The fourth-order valence-corrected chi connectivity index (χ4v) is 12.5. The van der Waals surface area contributed by atoms with Crippen LogP contribution in [0.5, 0.6) is 0 Å². The van der Waals surface area contributed by atoms with E-state index in [4.69, 9.17) is 6.57 Å². The largest absolute Gasteiger partial charge is 0.309 e. The monoisotopic (exact) mass is 652 g/mol. The SMILES string of the molecule is [C-]#[N+]c1ccc2c(c1)c1cc(C#N)ccc1n2-c1cccc(-c2ccccc2[Si](c2ccccc2)(c2ccccc2)c2cccc(C#N)c2)c1. The van der Waals surface area contributed by atoms with Crippen molar-refractivity contribution >= 4 is 56.3 Å². The highest BCUT2D eigenvalue weighted by molar-refractivity contribution is 7.20. The Morgan fingerprint density at radius 1 is 0.520 bits per heavy atom. The van der Waals surface area contributed by atoms with Crippen LogP contribution in [-0.4, -0.2) is 12.6 Å². The average Bonchev–Trinajstić information content (AvgIpc) is 3.52. The number of nitrogens with zero attached hydrogens (tertiary/aromatic N) is 4. The molecule has 0 aliphatic heterocycles. The first-order chi connectivity index (χ1) is 24.6. The lowest BCUT2D eigenvalue weighted by atomic mass is 10.0. The molecular weight excluding hydrogens is 625 g/mol. The molecule has 8 rings (SSSR count). The molecule has 0 saturated carbocycles. The van der Waals surface area contributed by atoms with E-state index >= 15 is 0 Å². The molecule has 0 saturated heterocycles. The maximum Gasteiger partial charge on any atom is 0.188 e. The predicted octanol–water partition coefficient (Wildman–Crippen LogP) is 8.12. The van der Waals surface area contributed by atoms with Gasteiger partial charge in [0.1, 0.15) is 0 Å². The summed E-state index contributed by atoms with van der Waals surface area (Å²) in [6.45, 7) is 7.63. The number of rotatable bonds is 6. The van der Waals surface area contributed by atoms with Crippen LogP contribution in [0, 0.1) is 29.2 Å². The van der Waals surface area contributed by atoms with Gasteiger partial charge in [-0.25, -0.2) is 4.85 Å². The van der Waals surface area contributed by atoms with Gasteiger partial charge in [-0.3, -0.25) is 0 Å². The Morgan fingerprint density at radius 2 is 1.12 bits per heavy atom. The molecule has 0 aliphatic carbocycles. The summed E-state index contributed by atoms with van der Waals surface area (Å²) in [5.74, 6) is 0. The summed E-state index contributed by atoms with van der Waals surface area (Å²) in [5.41, 5.74) is 6.89. The lowest BCUT2D eigenvalue weighted by molar-refractivity contribution is 1.18. The molecular formula is C45H28N4Si. The molecule has 8 aromatic rings. The maximum atomic E-state index is 10.0. The van der Waals surface area contributed by atoms with Crippen molar-refractivity contribution in [2.45, 2.75) is 0 Å². The van der Waals surface area contributed by atoms with Crippen LogP contribution < -0.4 is 20.7 Å². The van der Waals surface area contributed by atoms with Gasteiger partial charge in [-0.05, 0) is 91.9 Å². The first kappa shape index (κ1) is 30.4. The Kier molecular flexibility index (Phi) is 7.63. The lowest BCUT2D eigenvalue weighted by Gasteiger charge is -2.36. The average molecular weight is 653 g/mol. The molecule has 1 aromatic heterocycles. The molecule has 0 fully saturated rings. The summed E-state index contributed by atoms with van der Waals surface area (Å²) in [7, 11) is -2.98. The minimum Gasteiger partial charge on any atom is -0.309 e. The first-order valence-corrected chi connectivity index (χ1v) is 18.3. The van der Waals surface area contributed by atoms with Crippen molar-refractivity contribution in [2.75, 3.05) is 0 Å². The number of hydrogen-bond donors (Lipinski definition) is 0. The summed E-state index contributed by atoms with van der Waals surface area (Å²) < 4.78 is 2.22. The van der Waals surface area contributed by atoms with Crippen molar-refractivity contribution in [3.8, 4) is 29.0 Å². The van der Waals surface area contributed by atoms with Gasteiger partial charge in [0.15, 0.2) is 13.8 Å². The van der Waals surface area contributed by atoms with Gasteiger partial charge < -0.3 is 4.57 Å². The van der Waals surface area contributed by atoms with E-state index in [2.05, 4.69) is 143 Å². The Morgan fingerprint density at radius 3 is 1.82 bits per heavy atom. The Hall–Kier alpha value is -6.97. The molecule has 4 nitrogen and oxygen atoms in total. The number of aromatic nitrogens is 1. The van der Waals surface area contributed by atoms with Crippen LogP contribution in [0.1, 0.15) is 11.1 Å². The van der Waals surface area contributed by atoms with Crippen LogP contribution in [0.3, 0.4) is 0 Å². The Labute approximate surface area is 291 Å². The normalized spacial score (nSPS) is 11.1. The second kappa shape index (κ2) is 12.6. The highest BCUT2D eigenvalue weighted by atomic mass is 28.3. The van der Waals surface area contributed by atoms with Crippen LogP contribution in [0.4, 0.5) is 5.69 Å². The molecule has 1 heterocycles. The molecule has 0 unspecified atom stereocenters. The van der Waals surface area contributed by atoms with Gasteiger partial charge in [0.05, 0.1) is 40.9 Å². The van der Waals surface area contributed by atoms with Crippen molar-refractivity contribution in [1.29, 1.82) is 10.5 Å². The summed E-state index contributed by atoms with van der Waals surface area (Å²) in [4.78, 5) is 3.69. The third-order valence-electron chi connectivity index (χ3n) is 9.59. The molecule has 232 valence electrons. The third-order valence-corrected chi connectivity index (χ3v) is 14.4. The van der Waals surface area contributed by atoms with Crippen LogP contribution in [-0.2, 0) is 0 Å². The Balaban J connectivity index is 1.42. The predicted molar refractivity (Wildman–Crippen MR) is 206 cm³/mol. The zero-order valence-electron chi connectivity index (χ0n) is 27.0. The zero-order chi connectivity index (χ0) is 34.1. The summed E-state index contributed by atoms with van der Waals surface area (Å²) in [6.07, 6.45) is 0. The van der Waals surface area contributed by atoms with Crippen LogP contribution in [0.15, 0.2) is 170 Å². The quantitative estimate of drug-likeness (QED) is 0.104. The molecule has 0 spiro atoms. The van der Waals surface area contributed by atoms with Gasteiger partial charge in [-0.1, -0.05) is 115 Å². The van der Waals surface area contributed by atoms with Gasteiger partial charge in [0, 0.05) is 11.1 Å². The molecule has 50 heavy (non-hydrogen) atoms. The topological polar surface area (TPSA) is 56.9 Å². The first-order valence-electron chi connectivity index (χ1n) is 16.3. The van der Waals surface area contributed by atoms with Crippen LogP contribution in [0.25, 0.3) is 43.5 Å². The molecule has 0 aliphatic rings. The number of hydrogen-bond acceptors (Lipinski definition) is 2. The summed E-state index contributed by atoms with van der Waals surface area (Å²) in [5, 5.41) is 26.5. The number of nitriles is 2. The standard InChI is InChI=1S/C45H28N4Si/c1-48-35-23-25-44-42(29-35)41-27-33(31-47)22-24-43(41)49(44)36-14-11-13-34(28-36)40-20-8-9-21-45(40)50(37-15-4-2-5-16-37,38-17-6-3-7-18-38)39-19-10-12-32(26-39)30-46/h2-29H. The fourth-order valence-electron chi connectivity index (χ4n) is 7.47. The highest BCUT2D eigenvalue weighted by Gasteiger charge is 2.43. The molecule has 0 radical (unpaired) electrons. The zero-order valence-corrected chi connectivity index (χ0v) is 28.0. The summed E-state index contributed by atoms with van der Waals surface area (Å²) in [6, 6.07) is 63.1. The van der Waals surface area contributed by atoms with Crippen molar-refractivity contribution in [2.24, 2.45) is 0 Å². The van der Waals surface area contributed by atoms with E-state index in [1.807, 2.05) is 48.5 Å². The van der Waals surface area contributed by atoms with E-state index in [1.54, 1.807) is 0 Å². The molecule has 0 N–H and O–H groups in total. The molecule has 0 bridgehead atoms. The van der Waals surface area contributed by atoms with Gasteiger partial charge >= 0.3 is 0 Å². The van der Waals surface area contributed by atoms with Gasteiger partial charge in [-0.15, -0.1) is 0 Å². The number of benzene rings is 7. The van der Waals surface area contributed by atoms with E-state index < -0.39 is 8.07 Å². The summed E-state index contributed by atoms with van der Waals surface area (Å²) >= 11 is 0. The second-order valence-electron chi connectivity index (χ2n) is 12.3. The lowest BCUT2D eigenvalue weighted by Crippen LogP contribution is -2.75. The third kappa shape index (κ3) is 4.88. The molecule has 0 amide bonds. The Bertz CT molecular complexity index is 2580. The van der Waals surface area contributed by atoms with E-state index in [1.165, 1.54) is 15.6 Å². The van der Waals surface area contributed by atoms with E-state index in [0.29, 0.717) is 16.8 Å². The second-order valence-corrected chi connectivity index (χ2v) is 16.0. The molecule has 0 atom stereocenters. The van der Waals surface area contributed by atoms with Gasteiger partial charge in [-0.2, -0.15) is 10.5 Å². The van der Waals surface area contributed by atoms with Crippen molar-refractivity contribution < 1.29 is 0 Å². The minimum absolute atomic E-state index is 0.560. The highest BCUT2D eigenvalue weighted by Crippen LogP contribution is 2.36. The fraction of sp³-hybridized carbons (Fsp3) is 0. The number of fused-ring (bicyclic) bond motifs is 3. The molecule has 7 aromatic carbocycles. The van der Waals surface area contributed by atoms with E-state index in [9.17, 15) is 10.5 Å². The van der Waals surface area contributed by atoms with E-state index in [-0.39, 0.29) is 0 Å². The maximum absolute atomic E-state index is 10.0.